The lowest BCUT2D eigenvalue weighted by Gasteiger charge is -2.20. The second kappa shape index (κ2) is 7.86. The van der Waals surface area contributed by atoms with Crippen LogP contribution in [0.25, 0.3) is 0 Å². The first-order valence-electron chi connectivity index (χ1n) is 9.28. The van der Waals surface area contributed by atoms with Crippen LogP contribution in [0.4, 0.5) is 10.8 Å². The number of amides is 2. The summed E-state index contributed by atoms with van der Waals surface area (Å²) in [5, 5.41) is 12.4. The fraction of sp³-hybridized carbons (Fsp3) is 0.474. The minimum Gasteiger partial charge on any atom is -0.493 e. The molecule has 0 bridgehead atoms. The first-order valence-corrected chi connectivity index (χ1v) is 10.1. The smallest absolute Gasteiger partial charge is 0.231 e. The van der Waals surface area contributed by atoms with Crippen molar-refractivity contribution in [2.75, 3.05) is 38.1 Å². The zero-order chi connectivity index (χ0) is 20.5. The number of methoxy groups -OCH3 is 3. The summed E-state index contributed by atoms with van der Waals surface area (Å²) < 4.78 is 16.0. The number of carbonyl (C=O) groups excluding carboxylic acids is 2. The maximum absolute atomic E-state index is 12.7. The van der Waals surface area contributed by atoms with E-state index in [0.29, 0.717) is 34.0 Å². The van der Waals surface area contributed by atoms with Crippen LogP contribution in [0.3, 0.4) is 0 Å². The van der Waals surface area contributed by atoms with Crippen molar-refractivity contribution in [1.29, 1.82) is 0 Å². The minimum absolute atomic E-state index is 0.122. The summed E-state index contributed by atoms with van der Waals surface area (Å²) in [6.07, 6.45) is 2.38. The zero-order valence-corrected chi connectivity index (χ0v) is 17.2. The Balaban J connectivity index is 1.49. The molecule has 1 N–H and O–H groups in total. The Bertz CT molecular complexity index is 917. The first kappa shape index (κ1) is 19.4. The molecule has 2 aliphatic rings. The van der Waals surface area contributed by atoms with Gasteiger partial charge in [-0.05, 0) is 12.8 Å². The molecular weight excluding hydrogens is 396 g/mol. The fourth-order valence-electron chi connectivity index (χ4n) is 3.34. The van der Waals surface area contributed by atoms with Crippen LogP contribution in [0, 0.1) is 5.92 Å². The van der Waals surface area contributed by atoms with Crippen LogP contribution in [0.2, 0.25) is 0 Å². The molecule has 1 aromatic heterocycles. The summed E-state index contributed by atoms with van der Waals surface area (Å²) in [4.78, 5) is 26.8. The predicted octanol–water partition coefficient (Wildman–Crippen LogP) is 2.43. The Labute approximate surface area is 172 Å². The number of hydrogen-bond donors (Lipinski definition) is 1. The van der Waals surface area contributed by atoms with Gasteiger partial charge in [0.1, 0.15) is 5.01 Å². The molecule has 0 unspecified atom stereocenters. The molecule has 9 nitrogen and oxygen atoms in total. The highest BCUT2D eigenvalue weighted by molar-refractivity contribution is 7.15. The number of anilines is 2. The molecule has 1 aromatic carbocycles. The van der Waals surface area contributed by atoms with Gasteiger partial charge in [0.15, 0.2) is 11.5 Å². The zero-order valence-electron chi connectivity index (χ0n) is 16.4. The second-order valence-electron chi connectivity index (χ2n) is 7.00. The Morgan fingerprint density at radius 3 is 2.41 bits per heavy atom. The fourth-order valence-corrected chi connectivity index (χ4v) is 4.26. The largest absolute Gasteiger partial charge is 0.493 e. The average molecular weight is 418 g/mol. The standard InChI is InChI=1S/C19H22N4O5S/c1-26-13-7-12(8-14(27-2)16(13)28-3)23-9-11(6-15(23)24)17(25)20-19-22-21-18(29-19)10-4-5-10/h7-8,10-11H,4-6,9H2,1-3H3,(H,20,22,25)/t11-/m1/s1. The van der Waals surface area contributed by atoms with Gasteiger partial charge >= 0.3 is 0 Å². The molecule has 1 saturated carbocycles. The lowest BCUT2D eigenvalue weighted by molar-refractivity contribution is -0.122. The maximum Gasteiger partial charge on any atom is 0.231 e. The van der Waals surface area contributed by atoms with E-state index in [1.807, 2.05) is 0 Å². The van der Waals surface area contributed by atoms with Crippen molar-refractivity contribution in [2.45, 2.75) is 25.2 Å². The molecule has 29 heavy (non-hydrogen) atoms. The summed E-state index contributed by atoms with van der Waals surface area (Å²) in [6, 6.07) is 3.40. The molecule has 154 valence electrons. The number of hydrogen-bond acceptors (Lipinski definition) is 8. The molecular formula is C19H22N4O5S. The van der Waals surface area contributed by atoms with Crippen molar-refractivity contribution < 1.29 is 23.8 Å². The first-order chi connectivity index (χ1) is 14.0. The van der Waals surface area contributed by atoms with Crippen molar-refractivity contribution in [3.05, 3.63) is 17.1 Å². The third-order valence-electron chi connectivity index (χ3n) is 5.05. The topological polar surface area (TPSA) is 103 Å². The van der Waals surface area contributed by atoms with Gasteiger partial charge in [0.2, 0.25) is 22.7 Å². The van der Waals surface area contributed by atoms with E-state index in [1.165, 1.54) is 32.7 Å². The van der Waals surface area contributed by atoms with Crippen LogP contribution in [0.15, 0.2) is 12.1 Å². The van der Waals surface area contributed by atoms with E-state index in [2.05, 4.69) is 15.5 Å². The average Bonchev–Trinajstić information content (AvgIpc) is 3.35. The van der Waals surface area contributed by atoms with E-state index in [1.54, 1.807) is 17.0 Å². The quantitative estimate of drug-likeness (QED) is 0.737. The van der Waals surface area contributed by atoms with E-state index < -0.39 is 5.92 Å². The normalized spacial score (nSPS) is 18.7. The van der Waals surface area contributed by atoms with Crippen molar-refractivity contribution >= 4 is 34.0 Å². The Kier molecular flexibility index (Phi) is 5.27. The molecule has 1 atom stereocenters. The van der Waals surface area contributed by atoms with Gasteiger partial charge in [0.25, 0.3) is 0 Å². The number of carbonyl (C=O) groups is 2. The minimum atomic E-state index is -0.477. The number of nitrogens with one attached hydrogen (secondary N) is 1. The van der Waals surface area contributed by atoms with E-state index in [9.17, 15) is 9.59 Å². The van der Waals surface area contributed by atoms with E-state index in [-0.39, 0.29) is 24.8 Å². The van der Waals surface area contributed by atoms with Crippen molar-refractivity contribution in [2.24, 2.45) is 5.92 Å². The molecule has 0 radical (unpaired) electrons. The van der Waals surface area contributed by atoms with E-state index >= 15 is 0 Å². The van der Waals surface area contributed by atoms with E-state index in [0.717, 1.165) is 17.8 Å². The molecule has 1 saturated heterocycles. The number of benzene rings is 1. The second-order valence-corrected chi connectivity index (χ2v) is 8.01. The number of rotatable bonds is 7. The Morgan fingerprint density at radius 1 is 1.14 bits per heavy atom. The van der Waals surface area contributed by atoms with Gasteiger partial charge in [-0.15, -0.1) is 10.2 Å². The van der Waals surface area contributed by atoms with Crippen LogP contribution in [0.5, 0.6) is 17.2 Å². The molecule has 1 aliphatic heterocycles. The number of ether oxygens (including phenoxy) is 3. The summed E-state index contributed by atoms with van der Waals surface area (Å²) in [6.45, 7) is 0.261. The highest BCUT2D eigenvalue weighted by Gasteiger charge is 2.36. The maximum atomic E-state index is 12.7. The van der Waals surface area contributed by atoms with Crippen molar-refractivity contribution in [1.82, 2.24) is 10.2 Å². The van der Waals surface area contributed by atoms with Crippen molar-refractivity contribution in [3.8, 4) is 17.2 Å². The van der Waals surface area contributed by atoms with Gasteiger partial charge in [0.05, 0.1) is 32.9 Å². The van der Waals surface area contributed by atoms with Crippen LogP contribution < -0.4 is 24.4 Å². The predicted molar refractivity (Wildman–Crippen MR) is 107 cm³/mol. The molecule has 10 heteroatoms. The highest BCUT2D eigenvalue weighted by atomic mass is 32.1. The van der Waals surface area contributed by atoms with Crippen LogP contribution in [-0.2, 0) is 9.59 Å². The monoisotopic (exact) mass is 418 g/mol. The van der Waals surface area contributed by atoms with Gasteiger partial charge in [-0.1, -0.05) is 11.3 Å². The molecule has 4 rings (SSSR count). The Morgan fingerprint density at radius 2 is 1.83 bits per heavy atom. The third-order valence-corrected chi connectivity index (χ3v) is 6.06. The van der Waals surface area contributed by atoms with Gasteiger partial charge in [-0.25, -0.2) is 0 Å². The molecule has 2 fully saturated rings. The van der Waals surface area contributed by atoms with Gasteiger partial charge < -0.3 is 24.4 Å². The molecule has 0 spiro atoms. The van der Waals surface area contributed by atoms with Crippen molar-refractivity contribution in [3.63, 3.8) is 0 Å². The third kappa shape index (κ3) is 3.84. The Hall–Kier alpha value is -2.88. The molecule has 2 aromatic rings. The van der Waals surface area contributed by atoms with Crippen LogP contribution in [0.1, 0.15) is 30.2 Å². The van der Waals surface area contributed by atoms with Gasteiger partial charge in [0, 0.05) is 31.0 Å². The summed E-state index contributed by atoms with van der Waals surface area (Å²) in [5.41, 5.74) is 0.590. The molecule has 2 heterocycles. The van der Waals surface area contributed by atoms with E-state index in [4.69, 9.17) is 14.2 Å². The molecule has 1 aliphatic carbocycles. The van der Waals surface area contributed by atoms with Crippen LogP contribution >= 0.6 is 11.3 Å². The van der Waals surface area contributed by atoms with Gasteiger partial charge in [-0.3, -0.25) is 9.59 Å². The summed E-state index contributed by atoms with van der Waals surface area (Å²) in [5.74, 6) is 0.981. The number of aromatic nitrogens is 2. The lowest BCUT2D eigenvalue weighted by Crippen LogP contribution is -2.28. The summed E-state index contributed by atoms with van der Waals surface area (Å²) >= 11 is 1.40. The summed E-state index contributed by atoms with van der Waals surface area (Å²) in [7, 11) is 4.55. The van der Waals surface area contributed by atoms with Gasteiger partial charge in [-0.2, -0.15) is 0 Å². The van der Waals surface area contributed by atoms with Crippen LogP contribution in [-0.4, -0.2) is 49.9 Å². The molecule has 2 amide bonds. The highest BCUT2D eigenvalue weighted by Crippen LogP contribution is 2.43. The lowest BCUT2D eigenvalue weighted by atomic mass is 10.1. The number of nitrogens with zero attached hydrogens (tertiary/aromatic N) is 3. The SMILES string of the molecule is COc1cc(N2C[C@H](C(=O)Nc3nnc(C4CC4)s3)CC2=O)cc(OC)c1OC.